The van der Waals surface area contributed by atoms with Crippen molar-refractivity contribution in [2.24, 2.45) is 16.8 Å². The number of aliphatic hydroxyl groups is 4. The van der Waals surface area contributed by atoms with Gasteiger partial charge in [-0.25, -0.2) is 0 Å². The Labute approximate surface area is 349 Å². The van der Waals surface area contributed by atoms with Crippen molar-refractivity contribution in [1.29, 1.82) is 0 Å². The van der Waals surface area contributed by atoms with Crippen LogP contribution >= 0.6 is 0 Å². The lowest BCUT2D eigenvalue weighted by Crippen LogP contribution is -2.60. The van der Waals surface area contributed by atoms with Gasteiger partial charge in [-0.15, -0.1) is 0 Å². The summed E-state index contributed by atoms with van der Waals surface area (Å²) >= 11 is 0. The van der Waals surface area contributed by atoms with Crippen LogP contribution < -0.4 is 10.1 Å². The molecule has 0 aromatic heterocycles. The van der Waals surface area contributed by atoms with E-state index in [4.69, 9.17) is 42.9 Å². The smallest absolute Gasteiger partial charge is 0.311 e. The maximum absolute atomic E-state index is 14.3. The molecule has 0 spiro atoms. The van der Waals surface area contributed by atoms with E-state index in [0.29, 0.717) is 36.8 Å². The van der Waals surface area contributed by atoms with Crippen LogP contribution in [0.15, 0.2) is 29.3 Å². The predicted octanol–water partition coefficient (Wildman–Crippen LogP) is 3.42. The van der Waals surface area contributed by atoms with Gasteiger partial charge in [-0.2, -0.15) is 4.99 Å². The molecule has 1 aromatic rings. The highest BCUT2D eigenvalue weighted by atomic mass is 16.7. The molecule has 16 nitrogen and oxygen atoms in total. The number of nitrogens with one attached hydrogen (secondary N) is 1. The number of rotatable bonds is 8. The third kappa shape index (κ3) is 10.4. The molecule has 17 atom stereocenters. The Kier molecular flexibility index (Phi) is 15.4. The van der Waals surface area contributed by atoms with Gasteiger partial charge in [0.25, 0.3) is 6.02 Å². The Bertz CT molecular complexity index is 1560. The predicted molar refractivity (Wildman–Crippen MR) is 218 cm³/mol. The van der Waals surface area contributed by atoms with E-state index in [1.807, 2.05) is 50.1 Å². The lowest BCUT2D eigenvalue weighted by molar-refractivity contribution is -0.313. The van der Waals surface area contributed by atoms with Gasteiger partial charge >= 0.3 is 5.97 Å². The van der Waals surface area contributed by atoms with Crippen LogP contribution in [0.5, 0.6) is 5.75 Å². The average Bonchev–Trinajstić information content (AvgIpc) is 3.51. The van der Waals surface area contributed by atoms with Crippen molar-refractivity contribution >= 4 is 17.7 Å². The molecule has 0 unspecified atom stereocenters. The third-order valence-electron chi connectivity index (χ3n) is 13.1. The van der Waals surface area contributed by atoms with E-state index in [-0.39, 0.29) is 31.4 Å². The zero-order valence-electron chi connectivity index (χ0n) is 37.0. The van der Waals surface area contributed by atoms with Gasteiger partial charge in [0.1, 0.15) is 29.7 Å². The van der Waals surface area contributed by atoms with Gasteiger partial charge in [0.2, 0.25) is 0 Å². The first kappa shape index (κ1) is 47.4. The number of nitrogens with zero attached hydrogens (tertiary/aromatic N) is 2. The van der Waals surface area contributed by atoms with Crippen LogP contribution in [0.25, 0.3) is 0 Å². The number of fused-ring (bicyclic) bond motifs is 1. The second-order valence-corrected chi connectivity index (χ2v) is 17.9. The number of amidine groups is 1. The summed E-state index contributed by atoms with van der Waals surface area (Å²) in [6.45, 7) is 16.1. The number of ether oxygens (including phenoxy) is 8. The summed E-state index contributed by atoms with van der Waals surface area (Å²) in [6.07, 6.45) is -7.11. The number of cyclic esters (lactones) is 1. The van der Waals surface area contributed by atoms with E-state index in [1.165, 1.54) is 14.0 Å². The van der Waals surface area contributed by atoms with Crippen LogP contribution in [0.2, 0.25) is 0 Å². The number of likely N-dealkylation sites (N-methyl/N-ethyl adjacent to an activating group) is 1. The largest absolute Gasteiger partial charge is 0.497 e. The summed E-state index contributed by atoms with van der Waals surface area (Å²) in [6, 6.07) is 6.98. The van der Waals surface area contributed by atoms with Crippen LogP contribution in [0.3, 0.4) is 0 Å². The molecule has 4 aliphatic heterocycles. The number of esters is 1. The maximum atomic E-state index is 14.3. The average molecular weight is 838 g/mol. The summed E-state index contributed by atoms with van der Waals surface area (Å²) in [5, 5.41) is 49.8. The standard InChI is InChI=1S/C43H71N3O13/c1-13-31-43(9,51)35(47)26(5)44-20-14-19-41(7,50)37(24(3)33(25(4)38(49)56-31)57-32-22-42(8,53-12)36(48)27(6)55-32)59-39-34-30(21-23(2)54-39)46(10)40(58-34)45-28-15-17-29(52-11)18-16-28/h15-18,23-27,30-37,39,44,47-48,50-51H,13-14,19-22H2,1-12H3/t23-,24+,25-,26-,27+,30+,31-,32+,33+,34-,35-,36+,37-,39+,41-,42-,43-/m1/s1. The fourth-order valence-electron chi connectivity index (χ4n) is 9.20. The maximum Gasteiger partial charge on any atom is 0.311 e. The normalized spacial score (nSPS) is 44.8. The molecule has 0 aliphatic carbocycles. The quantitative estimate of drug-likeness (QED) is 0.239. The summed E-state index contributed by atoms with van der Waals surface area (Å²) in [5.74, 6) is -1.72. The third-order valence-corrected chi connectivity index (χ3v) is 13.1. The second kappa shape index (κ2) is 19.2. The van der Waals surface area contributed by atoms with E-state index in [0.717, 1.165) is 0 Å². The van der Waals surface area contributed by atoms with Gasteiger partial charge in [0.05, 0.1) is 60.4 Å². The van der Waals surface area contributed by atoms with Crippen molar-refractivity contribution < 1.29 is 63.1 Å². The Morgan fingerprint density at radius 1 is 0.966 bits per heavy atom. The number of benzene rings is 1. The molecule has 0 radical (unpaired) electrons. The zero-order valence-corrected chi connectivity index (χ0v) is 37.0. The zero-order chi connectivity index (χ0) is 43.6. The molecular formula is C43H71N3O13. The Balaban J connectivity index is 1.54. The fourth-order valence-corrected chi connectivity index (χ4v) is 9.20. The summed E-state index contributed by atoms with van der Waals surface area (Å²) in [5.41, 5.74) is -3.69. The molecule has 16 heteroatoms. The molecule has 0 saturated carbocycles. The SMILES string of the molecule is CC[C@H]1OC(=O)[C@H](C)[C@@H](O[C@H]2C[C@@](C)(OC)[C@@H](O)[C@H](C)O2)[C@H](C)[C@@H](O[C@@H]2O[C@H](C)C[C@H]3[C@H]2OC(=Nc2ccc(OC)cc2)N3C)[C@](C)(O)CCCN[C@H](C)[C@@H](O)[C@]1(C)O. The van der Waals surface area contributed by atoms with Crippen molar-refractivity contribution in [3.63, 3.8) is 0 Å². The monoisotopic (exact) mass is 837 g/mol. The molecule has 0 bridgehead atoms. The van der Waals surface area contributed by atoms with E-state index >= 15 is 0 Å². The van der Waals surface area contributed by atoms with E-state index in [9.17, 15) is 25.2 Å². The molecule has 1 aromatic carbocycles. The number of aliphatic hydroxyl groups excluding tert-OH is 2. The number of aliphatic imine (C=N–C) groups is 1. The summed E-state index contributed by atoms with van der Waals surface area (Å²) in [4.78, 5) is 21.1. The van der Waals surface area contributed by atoms with Crippen molar-refractivity contribution in [3.05, 3.63) is 24.3 Å². The van der Waals surface area contributed by atoms with Gasteiger partial charge in [0, 0.05) is 32.5 Å². The topological polar surface area (TPSA) is 199 Å². The Hall–Kier alpha value is -2.64. The number of hydrogen-bond donors (Lipinski definition) is 5. The van der Waals surface area contributed by atoms with E-state index in [2.05, 4.69) is 5.32 Å². The highest BCUT2D eigenvalue weighted by molar-refractivity contribution is 5.79. The molecular weight excluding hydrogens is 766 g/mol. The first-order valence-corrected chi connectivity index (χ1v) is 21.2. The molecule has 0 amide bonds. The lowest BCUT2D eigenvalue weighted by Gasteiger charge is -2.48. The van der Waals surface area contributed by atoms with Crippen molar-refractivity contribution in [1.82, 2.24) is 10.2 Å². The van der Waals surface area contributed by atoms with Crippen molar-refractivity contribution in [2.75, 3.05) is 27.8 Å². The van der Waals surface area contributed by atoms with Crippen LogP contribution in [0.4, 0.5) is 5.69 Å². The molecule has 59 heavy (non-hydrogen) atoms. The van der Waals surface area contributed by atoms with Gasteiger partial charge in [0.15, 0.2) is 18.7 Å². The molecule has 336 valence electrons. The van der Waals surface area contributed by atoms with Gasteiger partial charge in [-0.1, -0.05) is 13.8 Å². The van der Waals surface area contributed by atoms with Crippen LogP contribution in [-0.2, 0) is 38.0 Å². The Morgan fingerprint density at radius 2 is 1.64 bits per heavy atom. The number of hydrogen-bond acceptors (Lipinski definition) is 15. The minimum atomic E-state index is -1.80. The first-order chi connectivity index (χ1) is 27.7. The Morgan fingerprint density at radius 3 is 2.27 bits per heavy atom. The second-order valence-electron chi connectivity index (χ2n) is 17.9. The van der Waals surface area contributed by atoms with E-state index in [1.54, 1.807) is 48.7 Å². The molecule has 4 aliphatic rings. The summed E-state index contributed by atoms with van der Waals surface area (Å²) < 4.78 is 50.1. The van der Waals surface area contributed by atoms with Crippen molar-refractivity contribution in [2.45, 2.75) is 185 Å². The fraction of sp³-hybridized carbons (Fsp3) is 0.814. The highest BCUT2D eigenvalue weighted by Gasteiger charge is 2.54. The van der Waals surface area contributed by atoms with Crippen LogP contribution in [0.1, 0.15) is 94.4 Å². The number of carbonyl (C=O) groups excluding carboxylic acids is 1. The summed E-state index contributed by atoms with van der Waals surface area (Å²) in [7, 11) is 5.04. The molecule has 4 fully saturated rings. The highest BCUT2D eigenvalue weighted by Crippen LogP contribution is 2.41. The number of methoxy groups -OCH3 is 2. The minimum absolute atomic E-state index is 0.132. The van der Waals surface area contributed by atoms with Crippen LogP contribution in [0, 0.1) is 11.8 Å². The van der Waals surface area contributed by atoms with Gasteiger partial charge in [-0.05, 0) is 105 Å². The first-order valence-electron chi connectivity index (χ1n) is 21.2. The van der Waals surface area contributed by atoms with Gasteiger partial charge < -0.3 is 68.5 Å². The van der Waals surface area contributed by atoms with Crippen LogP contribution in [-0.4, -0.2) is 155 Å². The number of carbonyl (C=O) groups is 1. The molecule has 5 rings (SSSR count). The lowest BCUT2D eigenvalue weighted by atomic mass is 9.79. The molecule has 4 saturated heterocycles. The molecule has 4 heterocycles. The van der Waals surface area contributed by atoms with Gasteiger partial charge in [-0.3, -0.25) is 4.79 Å². The minimum Gasteiger partial charge on any atom is -0.497 e. The van der Waals surface area contributed by atoms with E-state index < -0.39 is 96.0 Å². The molecule has 5 N–H and O–H groups in total. The van der Waals surface area contributed by atoms with Crippen molar-refractivity contribution in [3.8, 4) is 5.75 Å².